The fraction of sp³-hybridized carbons (Fsp3) is 0.429. The first-order valence-corrected chi connectivity index (χ1v) is 6.58. The summed E-state index contributed by atoms with van der Waals surface area (Å²) < 4.78 is 16.1. The van der Waals surface area contributed by atoms with Crippen molar-refractivity contribution in [3.63, 3.8) is 0 Å². The fourth-order valence-electron chi connectivity index (χ4n) is 1.93. The summed E-state index contributed by atoms with van der Waals surface area (Å²) in [7, 11) is 3.20. The van der Waals surface area contributed by atoms with E-state index in [-0.39, 0.29) is 0 Å². The molecule has 0 amide bonds. The minimum Gasteiger partial charge on any atom is -0.493 e. The lowest BCUT2D eigenvalue weighted by molar-refractivity contribution is 0.355. The summed E-state index contributed by atoms with van der Waals surface area (Å²) in [5, 5.41) is 11.4. The molecular formula is C14H17N3O3. The highest BCUT2D eigenvalue weighted by Crippen LogP contribution is 2.31. The molecule has 0 saturated heterocycles. The molecule has 1 N–H and O–H groups in total. The predicted molar refractivity (Wildman–Crippen MR) is 72.7 cm³/mol. The second kappa shape index (κ2) is 5.50. The lowest BCUT2D eigenvalue weighted by atomic mass is 10.2. The van der Waals surface area contributed by atoms with Crippen LogP contribution in [0.5, 0.6) is 11.5 Å². The molecule has 1 aliphatic rings. The molecule has 6 nitrogen and oxygen atoms in total. The quantitative estimate of drug-likeness (QED) is 0.869. The Kier molecular flexibility index (Phi) is 3.56. The predicted octanol–water partition coefficient (Wildman–Crippen LogP) is 2.01. The van der Waals surface area contributed by atoms with Gasteiger partial charge in [-0.3, -0.25) is 0 Å². The lowest BCUT2D eigenvalue weighted by Crippen LogP contribution is -2.15. The maximum absolute atomic E-state index is 5.64. The molecule has 0 atom stereocenters. The minimum absolute atomic E-state index is 0.485. The molecule has 0 radical (unpaired) electrons. The zero-order chi connectivity index (χ0) is 13.9. The van der Waals surface area contributed by atoms with E-state index < -0.39 is 0 Å². The highest BCUT2D eigenvalue weighted by Gasteiger charge is 2.21. The van der Waals surface area contributed by atoms with Crippen LogP contribution in [0.3, 0.4) is 0 Å². The van der Waals surface area contributed by atoms with Crippen molar-refractivity contribution in [2.75, 3.05) is 14.2 Å². The van der Waals surface area contributed by atoms with Crippen LogP contribution in [-0.4, -0.2) is 30.5 Å². The summed E-state index contributed by atoms with van der Waals surface area (Å²) >= 11 is 0. The summed E-state index contributed by atoms with van der Waals surface area (Å²) in [6.07, 6.45) is 2.47. The molecule has 1 saturated carbocycles. The number of nitrogens with zero attached hydrogens (tertiary/aromatic N) is 2. The van der Waals surface area contributed by atoms with Crippen molar-refractivity contribution in [3.05, 3.63) is 24.1 Å². The maximum Gasteiger partial charge on any atom is 0.247 e. The SMILES string of the molecule is COc1ccc(-c2nnc(CNC3CC3)o2)cc1OC. The number of benzene rings is 1. The van der Waals surface area contributed by atoms with Gasteiger partial charge in [0.15, 0.2) is 11.5 Å². The maximum atomic E-state index is 5.64. The molecule has 106 valence electrons. The molecule has 20 heavy (non-hydrogen) atoms. The summed E-state index contributed by atoms with van der Waals surface area (Å²) in [6, 6.07) is 6.13. The van der Waals surface area contributed by atoms with Crippen LogP contribution in [0.15, 0.2) is 22.6 Å². The van der Waals surface area contributed by atoms with Gasteiger partial charge in [-0.2, -0.15) is 0 Å². The van der Waals surface area contributed by atoms with Gasteiger partial charge in [-0.05, 0) is 31.0 Å². The normalized spacial score (nSPS) is 14.3. The fourth-order valence-corrected chi connectivity index (χ4v) is 1.93. The van der Waals surface area contributed by atoms with Gasteiger partial charge >= 0.3 is 0 Å². The van der Waals surface area contributed by atoms with Gasteiger partial charge in [0.05, 0.1) is 20.8 Å². The molecule has 2 aromatic rings. The monoisotopic (exact) mass is 275 g/mol. The Hall–Kier alpha value is -2.08. The van der Waals surface area contributed by atoms with Crippen molar-refractivity contribution >= 4 is 0 Å². The summed E-state index contributed by atoms with van der Waals surface area (Å²) in [6.45, 7) is 0.616. The van der Waals surface area contributed by atoms with Crippen LogP contribution >= 0.6 is 0 Å². The van der Waals surface area contributed by atoms with Crippen molar-refractivity contribution in [2.45, 2.75) is 25.4 Å². The van der Waals surface area contributed by atoms with Crippen LogP contribution in [-0.2, 0) is 6.54 Å². The first kappa shape index (κ1) is 12.9. The zero-order valence-electron chi connectivity index (χ0n) is 11.5. The Bertz CT molecular complexity index is 593. The van der Waals surface area contributed by atoms with E-state index in [0.29, 0.717) is 35.9 Å². The lowest BCUT2D eigenvalue weighted by Gasteiger charge is -2.07. The second-order valence-corrected chi connectivity index (χ2v) is 4.73. The molecule has 1 heterocycles. The Labute approximate surface area is 117 Å². The van der Waals surface area contributed by atoms with E-state index in [1.54, 1.807) is 14.2 Å². The van der Waals surface area contributed by atoms with Crippen LogP contribution < -0.4 is 14.8 Å². The smallest absolute Gasteiger partial charge is 0.247 e. The van der Waals surface area contributed by atoms with Crippen LogP contribution in [0.1, 0.15) is 18.7 Å². The molecule has 1 aromatic heterocycles. The number of methoxy groups -OCH3 is 2. The molecular weight excluding hydrogens is 258 g/mol. The molecule has 1 aromatic carbocycles. The number of ether oxygens (including phenoxy) is 2. The Balaban J connectivity index is 1.77. The van der Waals surface area contributed by atoms with Gasteiger partial charge in [0, 0.05) is 11.6 Å². The van der Waals surface area contributed by atoms with Gasteiger partial charge < -0.3 is 19.2 Å². The van der Waals surface area contributed by atoms with Gasteiger partial charge in [-0.25, -0.2) is 0 Å². The van der Waals surface area contributed by atoms with Gasteiger partial charge in [0.2, 0.25) is 11.8 Å². The van der Waals surface area contributed by atoms with Crippen LogP contribution in [0.4, 0.5) is 0 Å². The topological polar surface area (TPSA) is 69.4 Å². The van der Waals surface area contributed by atoms with Crippen LogP contribution in [0.25, 0.3) is 11.5 Å². The average Bonchev–Trinajstić information content (AvgIpc) is 3.21. The van der Waals surface area contributed by atoms with Crippen LogP contribution in [0.2, 0.25) is 0 Å². The number of hydrogen-bond donors (Lipinski definition) is 1. The van der Waals surface area contributed by atoms with Crippen molar-refractivity contribution in [1.29, 1.82) is 0 Å². The number of aromatic nitrogens is 2. The third kappa shape index (κ3) is 2.75. The van der Waals surface area contributed by atoms with E-state index in [1.807, 2.05) is 18.2 Å². The first-order valence-electron chi connectivity index (χ1n) is 6.58. The minimum atomic E-state index is 0.485. The van der Waals surface area contributed by atoms with Crippen molar-refractivity contribution in [1.82, 2.24) is 15.5 Å². The van der Waals surface area contributed by atoms with Gasteiger partial charge in [0.25, 0.3) is 0 Å². The zero-order valence-corrected chi connectivity index (χ0v) is 11.5. The van der Waals surface area contributed by atoms with E-state index in [9.17, 15) is 0 Å². The highest BCUT2D eigenvalue weighted by atomic mass is 16.5. The molecule has 6 heteroatoms. The molecule has 0 bridgehead atoms. The molecule has 0 unspecified atom stereocenters. The summed E-state index contributed by atoms with van der Waals surface area (Å²) in [5.41, 5.74) is 0.813. The van der Waals surface area contributed by atoms with Crippen LogP contribution in [0, 0.1) is 0 Å². The van der Waals surface area contributed by atoms with E-state index in [0.717, 1.165) is 5.56 Å². The number of rotatable bonds is 6. The Morgan fingerprint density at radius 2 is 2.00 bits per heavy atom. The highest BCUT2D eigenvalue weighted by molar-refractivity contribution is 5.59. The molecule has 0 aliphatic heterocycles. The van der Waals surface area contributed by atoms with E-state index in [4.69, 9.17) is 13.9 Å². The molecule has 1 fully saturated rings. The summed E-state index contributed by atoms with van der Waals surface area (Å²) in [5.74, 6) is 2.40. The largest absolute Gasteiger partial charge is 0.493 e. The van der Waals surface area contributed by atoms with Gasteiger partial charge in [-0.1, -0.05) is 0 Å². The van der Waals surface area contributed by atoms with Gasteiger partial charge in [0.1, 0.15) is 0 Å². The standard InChI is InChI=1S/C14H17N3O3/c1-18-11-6-3-9(7-12(11)19-2)14-17-16-13(20-14)8-15-10-4-5-10/h3,6-7,10,15H,4-5,8H2,1-2H3. The summed E-state index contributed by atoms with van der Waals surface area (Å²) in [4.78, 5) is 0. The number of hydrogen-bond acceptors (Lipinski definition) is 6. The molecule has 3 rings (SSSR count). The Morgan fingerprint density at radius 1 is 1.20 bits per heavy atom. The van der Waals surface area contributed by atoms with E-state index in [2.05, 4.69) is 15.5 Å². The van der Waals surface area contributed by atoms with E-state index >= 15 is 0 Å². The van der Waals surface area contributed by atoms with E-state index in [1.165, 1.54) is 12.8 Å². The van der Waals surface area contributed by atoms with Crippen molar-refractivity contribution < 1.29 is 13.9 Å². The molecule has 0 spiro atoms. The average molecular weight is 275 g/mol. The third-order valence-electron chi connectivity index (χ3n) is 3.22. The third-order valence-corrected chi connectivity index (χ3v) is 3.22. The van der Waals surface area contributed by atoms with Crippen molar-refractivity contribution in [3.8, 4) is 23.0 Å². The van der Waals surface area contributed by atoms with Gasteiger partial charge in [-0.15, -0.1) is 10.2 Å². The Morgan fingerprint density at radius 3 is 2.70 bits per heavy atom. The molecule has 1 aliphatic carbocycles. The number of nitrogens with one attached hydrogen (secondary N) is 1. The van der Waals surface area contributed by atoms with Crippen molar-refractivity contribution in [2.24, 2.45) is 0 Å². The first-order chi connectivity index (χ1) is 9.80. The second-order valence-electron chi connectivity index (χ2n) is 4.73.